The molecule has 0 aromatic heterocycles. The fraction of sp³-hybridized carbons (Fsp3) is 0.500. The molecule has 1 atom stereocenters. The summed E-state index contributed by atoms with van der Waals surface area (Å²) < 4.78 is 26.8. The third-order valence-electron chi connectivity index (χ3n) is 3.12. The van der Waals surface area contributed by atoms with Gasteiger partial charge in [0.15, 0.2) is 0 Å². The highest BCUT2D eigenvalue weighted by molar-refractivity contribution is 5.85. The van der Waals surface area contributed by atoms with Crippen LogP contribution in [0, 0.1) is 0 Å². The third-order valence-corrected chi connectivity index (χ3v) is 3.12. The maximum absolute atomic E-state index is 13.4. The lowest BCUT2D eigenvalue weighted by Crippen LogP contribution is -2.50. The largest absolute Gasteiger partial charge is 0.508 e. The first-order chi connectivity index (χ1) is 7.41. The summed E-state index contributed by atoms with van der Waals surface area (Å²) in [6.07, 6.45) is -0.314. The zero-order chi connectivity index (χ0) is 11.8. The van der Waals surface area contributed by atoms with E-state index in [-0.39, 0.29) is 31.0 Å². The van der Waals surface area contributed by atoms with E-state index in [9.17, 15) is 13.9 Å². The third kappa shape index (κ3) is 3.07. The van der Waals surface area contributed by atoms with E-state index < -0.39 is 11.5 Å². The van der Waals surface area contributed by atoms with Crippen molar-refractivity contribution in [2.24, 2.45) is 0 Å². The molecular formula is C12H16ClF2NO. The number of hydrogen-bond donors (Lipinski definition) is 2. The van der Waals surface area contributed by atoms with Gasteiger partial charge in [-0.15, -0.1) is 12.4 Å². The normalized spacial score (nSPS) is 27.2. The summed E-state index contributed by atoms with van der Waals surface area (Å²) in [5, 5.41) is 12.3. The predicted molar refractivity (Wildman–Crippen MR) is 64.9 cm³/mol. The Morgan fingerprint density at radius 1 is 1.24 bits per heavy atom. The number of hydrogen-bond acceptors (Lipinski definition) is 2. The van der Waals surface area contributed by atoms with Crippen molar-refractivity contribution in [2.45, 2.75) is 31.2 Å². The molecule has 1 aromatic rings. The average Bonchev–Trinajstić information content (AvgIpc) is 2.16. The number of benzene rings is 1. The summed E-state index contributed by atoms with van der Waals surface area (Å²) in [5.41, 5.74) is 0.0693. The average molecular weight is 264 g/mol. The number of phenolic OH excluding ortho intramolecular Hbond substituents is 1. The Kier molecular flexibility index (Phi) is 3.99. The van der Waals surface area contributed by atoms with Crippen LogP contribution >= 0.6 is 12.4 Å². The fourth-order valence-electron chi connectivity index (χ4n) is 2.22. The molecule has 0 amide bonds. The number of nitrogens with one attached hydrogen (secondary N) is 1. The van der Waals surface area contributed by atoms with Crippen molar-refractivity contribution in [1.29, 1.82) is 0 Å². The highest BCUT2D eigenvalue weighted by atomic mass is 35.5. The lowest BCUT2D eigenvalue weighted by molar-refractivity contribution is -0.0611. The van der Waals surface area contributed by atoms with Crippen LogP contribution in [0.2, 0.25) is 0 Å². The highest BCUT2D eigenvalue weighted by Gasteiger charge is 2.43. The van der Waals surface area contributed by atoms with Crippen molar-refractivity contribution in [2.75, 3.05) is 6.54 Å². The molecule has 2 N–H and O–H groups in total. The van der Waals surface area contributed by atoms with Gasteiger partial charge in [0.1, 0.15) is 5.75 Å². The van der Waals surface area contributed by atoms with Crippen LogP contribution in [0.5, 0.6) is 5.75 Å². The Bertz CT molecular complexity index is 383. The van der Waals surface area contributed by atoms with Crippen LogP contribution in [0.15, 0.2) is 24.3 Å². The van der Waals surface area contributed by atoms with Gasteiger partial charge in [0.05, 0.1) is 0 Å². The van der Waals surface area contributed by atoms with Crippen molar-refractivity contribution < 1.29 is 13.9 Å². The molecular weight excluding hydrogens is 248 g/mol. The Morgan fingerprint density at radius 2 is 1.82 bits per heavy atom. The van der Waals surface area contributed by atoms with Gasteiger partial charge in [0, 0.05) is 24.9 Å². The van der Waals surface area contributed by atoms with Crippen LogP contribution in [-0.2, 0) is 5.54 Å². The van der Waals surface area contributed by atoms with Crippen molar-refractivity contribution >= 4 is 12.4 Å². The smallest absolute Gasteiger partial charge is 0.251 e. The van der Waals surface area contributed by atoms with Crippen molar-refractivity contribution in [3.05, 3.63) is 29.8 Å². The van der Waals surface area contributed by atoms with Crippen molar-refractivity contribution in [1.82, 2.24) is 5.32 Å². The zero-order valence-electron chi connectivity index (χ0n) is 9.54. The number of halogens is 3. The van der Waals surface area contributed by atoms with Gasteiger partial charge < -0.3 is 10.4 Å². The lowest BCUT2D eigenvalue weighted by atomic mass is 9.82. The summed E-state index contributed by atoms with van der Waals surface area (Å²) in [6, 6.07) is 6.41. The second-order valence-electron chi connectivity index (χ2n) is 4.59. The van der Waals surface area contributed by atoms with Crippen molar-refractivity contribution in [3.8, 4) is 5.75 Å². The van der Waals surface area contributed by atoms with Crippen LogP contribution in [0.25, 0.3) is 0 Å². The van der Waals surface area contributed by atoms with E-state index in [0.29, 0.717) is 6.54 Å². The summed E-state index contributed by atoms with van der Waals surface area (Å²) >= 11 is 0. The Hall–Kier alpha value is -0.870. The molecule has 1 saturated heterocycles. The predicted octanol–water partition coefficient (Wildman–Crippen LogP) is 3.05. The summed E-state index contributed by atoms with van der Waals surface area (Å²) in [5.74, 6) is -2.47. The summed E-state index contributed by atoms with van der Waals surface area (Å²) in [6.45, 7) is 2.08. The molecule has 0 bridgehead atoms. The lowest BCUT2D eigenvalue weighted by Gasteiger charge is -2.39. The van der Waals surface area contributed by atoms with Gasteiger partial charge in [0.2, 0.25) is 0 Å². The molecule has 17 heavy (non-hydrogen) atoms. The molecule has 0 aliphatic carbocycles. The first-order valence-corrected chi connectivity index (χ1v) is 5.34. The van der Waals surface area contributed by atoms with Gasteiger partial charge in [-0.05, 0) is 24.6 Å². The minimum Gasteiger partial charge on any atom is -0.508 e. The van der Waals surface area contributed by atoms with Crippen LogP contribution in [0.4, 0.5) is 8.78 Å². The topological polar surface area (TPSA) is 32.3 Å². The first kappa shape index (κ1) is 14.2. The van der Waals surface area contributed by atoms with Crippen molar-refractivity contribution in [3.63, 3.8) is 0 Å². The van der Waals surface area contributed by atoms with Gasteiger partial charge in [-0.25, -0.2) is 8.78 Å². The van der Waals surface area contributed by atoms with Gasteiger partial charge >= 0.3 is 0 Å². The molecule has 1 unspecified atom stereocenters. The van der Waals surface area contributed by atoms with Crippen LogP contribution in [0.1, 0.15) is 25.3 Å². The van der Waals surface area contributed by atoms with Gasteiger partial charge in [0.25, 0.3) is 5.92 Å². The fourth-order valence-corrected chi connectivity index (χ4v) is 2.22. The molecule has 1 fully saturated rings. The standard InChI is InChI=1S/C12H15F2NO.ClH/c1-11(8-12(13,14)6-7-15-11)9-2-4-10(16)5-3-9;/h2-5,15-16H,6-8H2,1H3;1H. The minimum atomic E-state index is -2.61. The van der Waals surface area contributed by atoms with Crippen LogP contribution < -0.4 is 5.32 Å². The monoisotopic (exact) mass is 263 g/mol. The first-order valence-electron chi connectivity index (χ1n) is 5.34. The Labute approximate surface area is 105 Å². The number of rotatable bonds is 1. The molecule has 1 heterocycles. The maximum Gasteiger partial charge on any atom is 0.251 e. The zero-order valence-corrected chi connectivity index (χ0v) is 10.4. The molecule has 5 heteroatoms. The van der Waals surface area contributed by atoms with E-state index in [2.05, 4.69) is 5.32 Å². The van der Waals surface area contributed by atoms with Crippen LogP contribution in [-0.4, -0.2) is 17.6 Å². The molecule has 1 aromatic carbocycles. The van der Waals surface area contributed by atoms with Gasteiger partial charge in [-0.1, -0.05) is 12.1 Å². The Balaban J connectivity index is 0.00000144. The molecule has 1 aliphatic heterocycles. The maximum atomic E-state index is 13.4. The van der Waals surface area contributed by atoms with E-state index in [4.69, 9.17) is 0 Å². The van der Waals surface area contributed by atoms with Gasteiger partial charge in [-0.2, -0.15) is 0 Å². The summed E-state index contributed by atoms with van der Waals surface area (Å²) in [7, 11) is 0. The van der Waals surface area contributed by atoms with E-state index in [1.54, 1.807) is 19.1 Å². The van der Waals surface area contributed by atoms with Crippen LogP contribution in [0.3, 0.4) is 0 Å². The second kappa shape index (κ2) is 4.78. The molecule has 96 valence electrons. The summed E-state index contributed by atoms with van der Waals surface area (Å²) in [4.78, 5) is 0. The SMILES string of the molecule is CC1(c2ccc(O)cc2)CC(F)(F)CCN1.Cl. The van der Waals surface area contributed by atoms with E-state index in [1.807, 2.05) is 0 Å². The van der Waals surface area contributed by atoms with Gasteiger partial charge in [-0.3, -0.25) is 0 Å². The Morgan fingerprint density at radius 3 is 2.35 bits per heavy atom. The number of phenols is 1. The number of alkyl halides is 2. The molecule has 0 spiro atoms. The molecule has 2 nitrogen and oxygen atoms in total. The minimum absolute atomic E-state index is 0. The van der Waals surface area contributed by atoms with E-state index in [1.165, 1.54) is 12.1 Å². The quantitative estimate of drug-likeness (QED) is 0.816. The van der Waals surface area contributed by atoms with E-state index in [0.717, 1.165) is 5.56 Å². The molecule has 0 radical (unpaired) electrons. The molecule has 2 rings (SSSR count). The second-order valence-corrected chi connectivity index (χ2v) is 4.59. The van der Waals surface area contributed by atoms with E-state index >= 15 is 0 Å². The number of piperidine rings is 1. The molecule has 0 saturated carbocycles. The number of aromatic hydroxyl groups is 1. The molecule has 1 aliphatic rings. The highest BCUT2D eigenvalue weighted by Crippen LogP contribution is 2.38.